The molecule has 2 fully saturated rings. The van der Waals surface area contributed by atoms with Gasteiger partial charge in [-0.2, -0.15) is 0 Å². The third-order valence-corrected chi connectivity index (χ3v) is 5.45. The highest BCUT2D eigenvalue weighted by Gasteiger charge is 2.41. The van der Waals surface area contributed by atoms with E-state index in [-0.39, 0.29) is 34.8 Å². The van der Waals surface area contributed by atoms with Gasteiger partial charge < -0.3 is 4.74 Å². The summed E-state index contributed by atoms with van der Waals surface area (Å²) >= 11 is 0. The number of carbonyl (C=O) groups is 3. The molecule has 0 radical (unpaired) electrons. The van der Waals surface area contributed by atoms with Gasteiger partial charge in [0.2, 0.25) is 5.78 Å². The number of esters is 1. The number of nitro benzene ring substituents is 1. The summed E-state index contributed by atoms with van der Waals surface area (Å²) in [6.07, 6.45) is 3.67. The lowest BCUT2D eigenvalue weighted by Crippen LogP contribution is -2.39. The molecule has 1 aromatic carbocycles. The van der Waals surface area contributed by atoms with Crippen LogP contribution in [0.1, 0.15) is 48.0 Å². The molecule has 7 nitrogen and oxygen atoms in total. The van der Waals surface area contributed by atoms with Crippen LogP contribution in [0.2, 0.25) is 0 Å². The number of aryl methyl sites for hydroxylation is 1. The maximum Gasteiger partial charge on any atom is 0.309 e. The summed E-state index contributed by atoms with van der Waals surface area (Å²) in [6.45, 7) is 1.15. The Morgan fingerprint density at radius 2 is 1.88 bits per heavy atom. The summed E-state index contributed by atoms with van der Waals surface area (Å²) in [4.78, 5) is 47.0. The van der Waals surface area contributed by atoms with Gasteiger partial charge in [0.05, 0.1) is 10.8 Å². The van der Waals surface area contributed by atoms with E-state index >= 15 is 0 Å². The van der Waals surface area contributed by atoms with Gasteiger partial charge in [-0.15, -0.1) is 0 Å². The van der Waals surface area contributed by atoms with Crippen molar-refractivity contribution in [2.45, 2.75) is 39.0 Å². The number of hydrogen-bond donors (Lipinski definition) is 0. The number of ketones is 2. The third kappa shape index (κ3) is 3.66. The molecular formula is C19H21NO6. The Bertz CT molecular complexity index is 755. The highest BCUT2D eigenvalue weighted by atomic mass is 16.6. The van der Waals surface area contributed by atoms with Gasteiger partial charge in [-0.05, 0) is 32.6 Å². The van der Waals surface area contributed by atoms with Crippen LogP contribution in [-0.4, -0.2) is 29.1 Å². The summed E-state index contributed by atoms with van der Waals surface area (Å²) < 4.78 is 5.16. The monoisotopic (exact) mass is 359 g/mol. The van der Waals surface area contributed by atoms with Crippen LogP contribution in [0.25, 0.3) is 0 Å². The minimum atomic E-state index is -0.546. The van der Waals surface area contributed by atoms with Crippen LogP contribution in [0.15, 0.2) is 18.2 Å². The van der Waals surface area contributed by atoms with Crippen molar-refractivity contribution >= 4 is 23.2 Å². The molecule has 2 aliphatic carbocycles. The third-order valence-electron chi connectivity index (χ3n) is 5.45. The average molecular weight is 359 g/mol. The predicted octanol–water partition coefficient (Wildman–Crippen LogP) is 3.02. The number of nitrogens with zero attached hydrogens (tertiary/aromatic N) is 1. The lowest BCUT2D eigenvalue weighted by Gasteiger charge is -2.36. The summed E-state index contributed by atoms with van der Waals surface area (Å²) in [5, 5.41) is 11.0. The second kappa shape index (κ2) is 7.35. The number of hydrogen-bond acceptors (Lipinski definition) is 6. The number of benzene rings is 1. The first kappa shape index (κ1) is 18.2. The zero-order valence-corrected chi connectivity index (χ0v) is 14.6. The van der Waals surface area contributed by atoms with Crippen molar-refractivity contribution in [3.8, 4) is 0 Å². The molecule has 2 bridgehead atoms. The zero-order chi connectivity index (χ0) is 18.8. The van der Waals surface area contributed by atoms with Crippen molar-refractivity contribution in [1.29, 1.82) is 0 Å². The molecule has 0 aliphatic heterocycles. The first-order chi connectivity index (χ1) is 12.4. The number of rotatable bonds is 5. The first-order valence-corrected chi connectivity index (χ1v) is 8.85. The van der Waals surface area contributed by atoms with E-state index in [1.807, 2.05) is 0 Å². The Kier molecular flexibility index (Phi) is 5.15. The quantitative estimate of drug-likeness (QED) is 0.346. The normalized spacial score (nSPS) is 24.8. The van der Waals surface area contributed by atoms with Crippen LogP contribution in [0.4, 0.5) is 5.69 Å². The van der Waals surface area contributed by atoms with Gasteiger partial charge in [-0.1, -0.05) is 18.6 Å². The standard InChI is InChI=1S/C19H21NO6/c1-11-5-6-12(9-16(11)20(24)25)17(21)10-26-19(23)15-7-13-3-2-4-14(8-15)18(13)22/h5-6,9,13-15H,2-4,7-8,10H2,1H3/t13-,14+,15?. The minimum Gasteiger partial charge on any atom is -0.457 e. The molecule has 0 saturated heterocycles. The van der Waals surface area contributed by atoms with Gasteiger partial charge in [0.1, 0.15) is 5.78 Å². The van der Waals surface area contributed by atoms with Gasteiger partial charge in [0, 0.05) is 29.0 Å². The van der Waals surface area contributed by atoms with Crippen molar-refractivity contribution < 1.29 is 24.0 Å². The van der Waals surface area contributed by atoms with Gasteiger partial charge in [0.25, 0.3) is 5.69 Å². The van der Waals surface area contributed by atoms with E-state index < -0.39 is 23.3 Å². The minimum absolute atomic E-state index is 0.0597. The molecule has 3 atom stereocenters. The van der Waals surface area contributed by atoms with E-state index in [1.165, 1.54) is 18.2 Å². The molecule has 2 aliphatic rings. The predicted molar refractivity (Wildman–Crippen MR) is 91.7 cm³/mol. The second-order valence-electron chi connectivity index (χ2n) is 7.18. The molecule has 1 unspecified atom stereocenters. The average Bonchev–Trinajstić information content (AvgIpc) is 2.59. The first-order valence-electron chi connectivity index (χ1n) is 8.85. The van der Waals surface area contributed by atoms with Crippen LogP contribution < -0.4 is 0 Å². The van der Waals surface area contributed by atoms with Crippen molar-refractivity contribution in [2.75, 3.05) is 6.61 Å². The fourth-order valence-electron chi connectivity index (χ4n) is 3.99. The van der Waals surface area contributed by atoms with Gasteiger partial charge in [0.15, 0.2) is 6.61 Å². The molecule has 0 heterocycles. The molecule has 0 aromatic heterocycles. The molecule has 7 heteroatoms. The van der Waals surface area contributed by atoms with E-state index in [2.05, 4.69) is 0 Å². The summed E-state index contributed by atoms with van der Waals surface area (Å²) in [5.74, 6) is -1.13. The smallest absolute Gasteiger partial charge is 0.309 e. The van der Waals surface area contributed by atoms with Crippen molar-refractivity contribution in [1.82, 2.24) is 0 Å². The lowest BCUT2D eigenvalue weighted by molar-refractivity contribution is -0.385. The molecule has 1 aromatic rings. The van der Waals surface area contributed by atoms with Crippen LogP contribution in [0.5, 0.6) is 0 Å². The summed E-state index contributed by atoms with van der Waals surface area (Å²) in [5.41, 5.74) is 0.466. The molecule has 3 rings (SSSR count). The van der Waals surface area contributed by atoms with Crippen LogP contribution in [0, 0.1) is 34.8 Å². The van der Waals surface area contributed by atoms with E-state index in [0.29, 0.717) is 18.4 Å². The van der Waals surface area contributed by atoms with E-state index in [4.69, 9.17) is 4.74 Å². The van der Waals surface area contributed by atoms with Crippen LogP contribution in [-0.2, 0) is 14.3 Å². The van der Waals surface area contributed by atoms with Crippen LogP contribution in [0.3, 0.4) is 0 Å². The van der Waals surface area contributed by atoms with E-state index in [1.54, 1.807) is 6.92 Å². The summed E-state index contributed by atoms with van der Waals surface area (Å²) in [7, 11) is 0. The highest BCUT2D eigenvalue weighted by molar-refractivity contribution is 5.98. The van der Waals surface area contributed by atoms with Gasteiger partial charge in [-0.25, -0.2) is 0 Å². The Balaban J connectivity index is 1.59. The molecule has 0 N–H and O–H groups in total. The highest BCUT2D eigenvalue weighted by Crippen LogP contribution is 2.40. The van der Waals surface area contributed by atoms with Crippen LogP contribution >= 0.6 is 0 Å². The Hall–Kier alpha value is -2.57. The van der Waals surface area contributed by atoms with E-state index in [0.717, 1.165) is 19.3 Å². The molecule has 0 spiro atoms. The van der Waals surface area contributed by atoms with Crippen molar-refractivity contribution in [2.24, 2.45) is 17.8 Å². The second-order valence-corrected chi connectivity index (χ2v) is 7.18. The maximum absolute atomic E-state index is 12.3. The number of Topliss-reactive ketones (excluding diaryl/α,β-unsaturated/α-hetero) is 2. The Morgan fingerprint density at radius 1 is 1.23 bits per heavy atom. The largest absolute Gasteiger partial charge is 0.457 e. The molecule has 26 heavy (non-hydrogen) atoms. The number of carbonyl (C=O) groups excluding carboxylic acids is 3. The number of nitro groups is 1. The van der Waals surface area contributed by atoms with Crippen molar-refractivity contribution in [3.05, 3.63) is 39.4 Å². The Morgan fingerprint density at radius 3 is 2.50 bits per heavy atom. The zero-order valence-electron chi connectivity index (χ0n) is 14.6. The van der Waals surface area contributed by atoms with E-state index in [9.17, 15) is 24.5 Å². The number of fused-ring (bicyclic) bond motifs is 2. The lowest BCUT2D eigenvalue weighted by atomic mass is 9.67. The molecule has 0 amide bonds. The fraction of sp³-hybridized carbons (Fsp3) is 0.526. The number of ether oxygens (including phenoxy) is 1. The maximum atomic E-state index is 12.3. The molecule has 138 valence electrons. The van der Waals surface area contributed by atoms with Gasteiger partial charge >= 0.3 is 5.97 Å². The van der Waals surface area contributed by atoms with Gasteiger partial charge in [-0.3, -0.25) is 24.5 Å². The fourth-order valence-corrected chi connectivity index (χ4v) is 3.99. The molecule has 2 saturated carbocycles. The molecular weight excluding hydrogens is 338 g/mol. The van der Waals surface area contributed by atoms with Crippen molar-refractivity contribution in [3.63, 3.8) is 0 Å². The Labute approximate surface area is 150 Å². The summed E-state index contributed by atoms with van der Waals surface area (Å²) in [6, 6.07) is 4.19. The SMILES string of the molecule is Cc1ccc(C(=O)COC(=O)C2C[C@H]3CCC[C@@H](C2)C3=O)cc1[N+](=O)[O-]. The topological polar surface area (TPSA) is 104 Å².